The van der Waals surface area contributed by atoms with Crippen molar-refractivity contribution in [2.45, 2.75) is 0 Å². The second-order valence-corrected chi connectivity index (χ2v) is 3.20. The lowest BCUT2D eigenvalue weighted by molar-refractivity contribution is 0.355. The van der Waals surface area contributed by atoms with Crippen molar-refractivity contribution in [1.82, 2.24) is 5.32 Å². The van der Waals surface area contributed by atoms with E-state index in [1.54, 1.807) is 34.4 Å². The molecule has 0 aliphatic heterocycles. The zero-order valence-electron chi connectivity index (χ0n) is 10.6. The molecule has 0 atom stereocenters. The Bertz CT molecular complexity index is 442. The molecule has 0 spiro atoms. The van der Waals surface area contributed by atoms with E-state index in [-0.39, 0.29) is 0 Å². The van der Waals surface area contributed by atoms with E-state index < -0.39 is 0 Å². The summed E-state index contributed by atoms with van der Waals surface area (Å²) in [7, 11) is 6.67. The molecular formula is C12H17N3O2. The van der Waals surface area contributed by atoms with Crippen molar-refractivity contribution in [3.8, 4) is 11.5 Å². The van der Waals surface area contributed by atoms with Crippen LogP contribution in [0.5, 0.6) is 11.5 Å². The van der Waals surface area contributed by atoms with E-state index in [0.29, 0.717) is 23.0 Å². The number of hydrogen-bond donors (Lipinski definition) is 1. The lowest BCUT2D eigenvalue weighted by Gasteiger charge is -2.13. The van der Waals surface area contributed by atoms with Crippen molar-refractivity contribution in [3.05, 3.63) is 17.7 Å². The van der Waals surface area contributed by atoms with Crippen LogP contribution in [0.2, 0.25) is 0 Å². The van der Waals surface area contributed by atoms with Gasteiger partial charge in [0, 0.05) is 25.7 Å². The molecule has 92 valence electrons. The monoisotopic (exact) mass is 235 g/mol. The molecule has 0 aliphatic rings. The number of nitrogens with zero attached hydrogens (tertiary/aromatic N) is 2. The van der Waals surface area contributed by atoms with E-state index in [1.807, 2.05) is 6.07 Å². The second kappa shape index (κ2) is 5.89. The Labute approximate surface area is 101 Å². The van der Waals surface area contributed by atoms with Crippen molar-refractivity contribution in [1.29, 1.82) is 0 Å². The van der Waals surface area contributed by atoms with Gasteiger partial charge in [0.25, 0.3) is 0 Å². The molecule has 0 bridgehead atoms. The molecule has 1 aromatic rings. The summed E-state index contributed by atoms with van der Waals surface area (Å²) in [6.07, 6.45) is 0. The minimum atomic E-state index is 0.616. The summed E-state index contributed by atoms with van der Waals surface area (Å²) in [5.74, 6) is 1.96. The molecule has 1 rings (SSSR count). The smallest absolute Gasteiger partial charge is 0.162 e. The molecule has 0 aromatic heterocycles. The summed E-state index contributed by atoms with van der Waals surface area (Å²) in [6.45, 7) is 3.54. The highest BCUT2D eigenvalue weighted by Crippen LogP contribution is 2.34. The molecule has 1 aromatic carbocycles. The summed E-state index contributed by atoms with van der Waals surface area (Å²) >= 11 is 0. The maximum absolute atomic E-state index is 5.25. The lowest BCUT2D eigenvalue weighted by atomic mass is 10.1. The van der Waals surface area contributed by atoms with Crippen molar-refractivity contribution < 1.29 is 9.47 Å². The quantitative estimate of drug-likeness (QED) is 0.637. The summed E-state index contributed by atoms with van der Waals surface area (Å²) in [5, 5.41) is 3.00. The molecule has 0 unspecified atom stereocenters. The molecular weight excluding hydrogens is 218 g/mol. The average molecular weight is 235 g/mol. The van der Waals surface area contributed by atoms with Gasteiger partial charge in [0.15, 0.2) is 11.5 Å². The Hall–Kier alpha value is -2.04. The maximum atomic E-state index is 5.25. The predicted octanol–water partition coefficient (Wildman–Crippen LogP) is 1.63. The largest absolute Gasteiger partial charge is 0.493 e. The number of rotatable bonds is 4. The summed E-state index contributed by atoms with van der Waals surface area (Å²) in [4.78, 5) is 8.10. The summed E-state index contributed by atoms with van der Waals surface area (Å²) in [5.41, 5.74) is 1.51. The first-order valence-electron chi connectivity index (χ1n) is 5.09. The number of amidine groups is 1. The number of aliphatic imine (C=N–C) groups is 2. The molecule has 0 radical (unpaired) electrons. The van der Waals surface area contributed by atoms with Gasteiger partial charge in [-0.25, -0.2) is 0 Å². The van der Waals surface area contributed by atoms with Gasteiger partial charge in [-0.3, -0.25) is 9.98 Å². The SMILES string of the molecule is C=Nc1cc(OC)c(OC)cc1C(=NC)NC. The predicted molar refractivity (Wildman–Crippen MR) is 70.3 cm³/mol. The van der Waals surface area contributed by atoms with E-state index in [9.17, 15) is 0 Å². The number of nitrogens with one attached hydrogen (secondary N) is 1. The molecule has 1 N–H and O–H groups in total. The van der Waals surface area contributed by atoms with Crippen molar-refractivity contribution in [2.75, 3.05) is 28.3 Å². The second-order valence-electron chi connectivity index (χ2n) is 3.20. The fraction of sp³-hybridized carbons (Fsp3) is 0.333. The summed E-state index contributed by atoms with van der Waals surface area (Å²) < 4.78 is 10.5. The molecule has 0 heterocycles. The first-order valence-corrected chi connectivity index (χ1v) is 5.09. The molecule has 17 heavy (non-hydrogen) atoms. The molecule has 0 saturated heterocycles. The molecule has 0 amide bonds. The van der Waals surface area contributed by atoms with E-state index in [4.69, 9.17) is 9.47 Å². The van der Waals surface area contributed by atoms with Crippen LogP contribution in [-0.2, 0) is 0 Å². The Morgan fingerprint density at radius 2 is 1.82 bits per heavy atom. The molecule has 0 aliphatic carbocycles. The third-order valence-electron chi connectivity index (χ3n) is 2.39. The molecule has 5 nitrogen and oxygen atoms in total. The fourth-order valence-corrected chi connectivity index (χ4v) is 1.56. The van der Waals surface area contributed by atoms with Crippen LogP contribution >= 0.6 is 0 Å². The van der Waals surface area contributed by atoms with Crippen LogP contribution in [0.15, 0.2) is 22.1 Å². The Morgan fingerprint density at radius 3 is 2.24 bits per heavy atom. The van der Waals surface area contributed by atoms with Gasteiger partial charge in [-0.05, 0) is 12.8 Å². The highest BCUT2D eigenvalue weighted by molar-refractivity contribution is 6.03. The standard InChI is InChI=1S/C12H17N3O2/c1-13-9-7-11(17-5)10(16-4)6-8(9)12(14-2)15-3/h6-7H,1H2,2-5H3,(H,14,15). The Morgan fingerprint density at radius 1 is 1.24 bits per heavy atom. The number of hydrogen-bond acceptors (Lipinski definition) is 4. The van der Waals surface area contributed by atoms with Crippen LogP contribution < -0.4 is 14.8 Å². The van der Waals surface area contributed by atoms with Gasteiger partial charge < -0.3 is 14.8 Å². The van der Waals surface area contributed by atoms with Crippen molar-refractivity contribution in [3.63, 3.8) is 0 Å². The van der Waals surface area contributed by atoms with Crippen molar-refractivity contribution >= 4 is 18.2 Å². The average Bonchev–Trinajstić information content (AvgIpc) is 2.39. The Balaban J connectivity index is 3.43. The van der Waals surface area contributed by atoms with Crippen LogP contribution in [0.4, 0.5) is 5.69 Å². The van der Waals surface area contributed by atoms with Gasteiger partial charge in [-0.1, -0.05) is 0 Å². The van der Waals surface area contributed by atoms with Gasteiger partial charge in [-0.2, -0.15) is 0 Å². The number of benzene rings is 1. The highest BCUT2D eigenvalue weighted by atomic mass is 16.5. The minimum absolute atomic E-state index is 0.616. The normalized spacial score (nSPS) is 10.9. The van der Waals surface area contributed by atoms with Gasteiger partial charge in [0.05, 0.1) is 19.9 Å². The van der Waals surface area contributed by atoms with E-state index in [2.05, 4.69) is 22.0 Å². The first-order chi connectivity index (χ1) is 8.21. The zero-order valence-corrected chi connectivity index (χ0v) is 10.6. The third kappa shape index (κ3) is 2.55. The van der Waals surface area contributed by atoms with E-state index >= 15 is 0 Å². The third-order valence-corrected chi connectivity index (χ3v) is 2.39. The first kappa shape index (κ1) is 13.0. The summed E-state index contributed by atoms with van der Waals surface area (Å²) in [6, 6.07) is 3.59. The van der Waals surface area contributed by atoms with Crippen LogP contribution in [0, 0.1) is 0 Å². The van der Waals surface area contributed by atoms with Gasteiger partial charge in [0.1, 0.15) is 5.84 Å². The van der Waals surface area contributed by atoms with Crippen LogP contribution in [-0.4, -0.2) is 40.9 Å². The highest BCUT2D eigenvalue weighted by Gasteiger charge is 2.13. The van der Waals surface area contributed by atoms with Crippen molar-refractivity contribution in [2.24, 2.45) is 9.98 Å². The lowest BCUT2D eigenvalue weighted by Crippen LogP contribution is -2.19. The molecule has 0 fully saturated rings. The Kier molecular flexibility index (Phi) is 4.51. The topological polar surface area (TPSA) is 55.2 Å². The fourth-order valence-electron chi connectivity index (χ4n) is 1.56. The zero-order chi connectivity index (χ0) is 12.8. The maximum Gasteiger partial charge on any atom is 0.162 e. The molecule has 5 heteroatoms. The van der Waals surface area contributed by atoms with Crippen LogP contribution in [0.1, 0.15) is 5.56 Å². The van der Waals surface area contributed by atoms with Crippen LogP contribution in [0.3, 0.4) is 0 Å². The minimum Gasteiger partial charge on any atom is -0.493 e. The molecule has 0 saturated carbocycles. The van der Waals surface area contributed by atoms with Gasteiger partial charge >= 0.3 is 0 Å². The number of methoxy groups -OCH3 is 2. The van der Waals surface area contributed by atoms with Crippen LogP contribution in [0.25, 0.3) is 0 Å². The number of ether oxygens (including phenoxy) is 2. The van der Waals surface area contributed by atoms with E-state index in [0.717, 1.165) is 5.56 Å². The van der Waals surface area contributed by atoms with Gasteiger partial charge in [-0.15, -0.1) is 0 Å². The van der Waals surface area contributed by atoms with E-state index in [1.165, 1.54) is 0 Å². The van der Waals surface area contributed by atoms with Gasteiger partial charge in [0.2, 0.25) is 0 Å².